The molecule has 0 amide bonds. The van der Waals surface area contributed by atoms with E-state index in [1.807, 2.05) is 11.8 Å². The minimum absolute atomic E-state index is 0.389. The molecule has 4 nitrogen and oxygen atoms in total. The topological polar surface area (TPSA) is 49.2 Å². The molecule has 1 aromatic rings. The lowest BCUT2D eigenvalue weighted by molar-refractivity contribution is 0.00803. The number of aromatic nitrogens is 2. The zero-order valence-electron chi connectivity index (χ0n) is 7.94. The zero-order valence-corrected chi connectivity index (χ0v) is 8.70. The van der Waals surface area contributed by atoms with E-state index in [-0.39, 0.29) is 0 Å². The summed E-state index contributed by atoms with van der Waals surface area (Å²) < 4.78 is 0. The Kier molecular flexibility index (Phi) is 2.33. The van der Waals surface area contributed by atoms with Crippen LogP contribution in [0.15, 0.2) is 12.4 Å². The molecular weight excluding hydrogens is 202 g/mol. The summed E-state index contributed by atoms with van der Waals surface area (Å²) in [6, 6.07) is 0. The summed E-state index contributed by atoms with van der Waals surface area (Å²) in [5.74, 6) is 0.771. The molecule has 1 aliphatic heterocycles. The highest BCUT2D eigenvalue weighted by atomic mass is 35.5. The van der Waals surface area contributed by atoms with Gasteiger partial charge in [-0.2, -0.15) is 0 Å². The number of anilines is 1. The third-order valence-corrected chi connectivity index (χ3v) is 2.75. The summed E-state index contributed by atoms with van der Waals surface area (Å²) in [5.41, 5.74) is -0.540. The number of aliphatic hydroxyl groups is 1. The summed E-state index contributed by atoms with van der Waals surface area (Å²) >= 11 is 5.62. The normalized spacial score (nSPS) is 19.2. The summed E-state index contributed by atoms with van der Waals surface area (Å²) in [6.07, 6.45) is 3.91. The molecule has 14 heavy (non-hydrogen) atoms. The Labute approximate surface area is 87.5 Å². The third kappa shape index (κ3) is 1.67. The predicted octanol–water partition coefficient (Wildman–Crippen LogP) is 1.09. The second-order valence-electron chi connectivity index (χ2n) is 3.63. The molecule has 76 valence electrons. The molecule has 0 unspecified atom stereocenters. The Bertz CT molecular complexity index is 321. The van der Waals surface area contributed by atoms with Crippen LogP contribution in [0.25, 0.3) is 0 Å². The zero-order chi connectivity index (χ0) is 10.2. The van der Waals surface area contributed by atoms with Gasteiger partial charge in [0.25, 0.3) is 0 Å². The quantitative estimate of drug-likeness (QED) is 0.799. The van der Waals surface area contributed by atoms with Crippen molar-refractivity contribution in [3.05, 3.63) is 17.5 Å². The molecule has 1 fully saturated rings. The van der Waals surface area contributed by atoms with E-state index in [1.165, 1.54) is 6.20 Å². The molecule has 0 spiro atoms. The van der Waals surface area contributed by atoms with Crippen LogP contribution in [0.5, 0.6) is 0 Å². The molecule has 2 rings (SSSR count). The number of β-amino-alcohol motifs (C(OH)–C–C–N with tert-alkyl or cyclic N) is 1. The lowest BCUT2D eigenvalue weighted by Crippen LogP contribution is -2.61. The molecule has 2 heterocycles. The third-order valence-electron chi connectivity index (χ3n) is 2.56. The summed E-state index contributed by atoms with van der Waals surface area (Å²) in [4.78, 5) is 10.0. The average Bonchev–Trinajstić information content (AvgIpc) is 2.15. The highest BCUT2D eigenvalue weighted by Crippen LogP contribution is 2.28. The first-order valence-electron chi connectivity index (χ1n) is 4.58. The molecule has 0 saturated carbocycles. The monoisotopic (exact) mass is 213 g/mol. The Morgan fingerprint density at radius 1 is 1.50 bits per heavy atom. The van der Waals surface area contributed by atoms with Gasteiger partial charge in [0.2, 0.25) is 0 Å². The minimum Gasteiger partial charge on any atom is -0.386 e. The van der Waals surface area contributed by atoms with Crippen LogP contribution in [0, 0.1) is 0 Å². The van der Waals surface area contributed by atoms with E-state index < -0.39 is 5.60 Å². The second-order valence-corrected chi connectivity index (χ2v) is 4.02. The van der Waals surface area contributed by atoms with Crippen LogP contribution in [0.2, 0.25) is 5.15 Å². The fraction of sp³-hybridized carbons (Fsp3) is 0.556. The minimum atomic E-state index is -0.540. The Morgan fingerprint density at radius 2 is 2.21 bits per heavy atom. The smallest absolute Gasteiger partial charge is 0.147 e. The van der Waals surface area contributed by atoms with E-state index in [9.17, 15) is 5.11 Å². The SMILES string of the molecule is CCC1(O)CN(c2cnc(Cl)cn2)C1. The largest absolute Gasteiger partial charge is 0.386 e. The van der Waals surface area contributed by atoms with E-state index >= 15 is 0 Å². The van der Waals surface area contributed by atoms with Crippen LogP contribution in [-0.4, -0.2) is 33.8 Å². The molecule has 0 aliphatic carbocycles. The van der Waals surface area contributed by atoms with Crippen molar-refractivity contribution < 1.29 is 5.11 Å². The van der Waals surface area contributed by atoms with Crippen LogP contribution in [0.3, 0.4) is 0 Å². The van der Waals surface area contributed by atoms with Gasteiger partial charge in [-0.25, -0.2) is 9.97 Å². The van der Waals surface area contributed by atoms with Crippen molar-refractivity contribution in [1.29, 1.82) is 0 Å². The van der Waals surface area contributed by atoms with Crippen LogP contribution in [-0.2, 0) is 0 Å². The Hall–Kier alpha value is -0.870. The van der Waals surface area contributed by atoms with Crippen LogP contribution in [0.1, 0.15) is 13.3 Å². The first-order valence-corrected chi connectivity index (χ1v) is 4.96. The van der Waals surface area contributed by atoms with Crippen molar-refractivity contribution in [2.24, 2.45) is 0 Å². The fourth-order valence-electron chi connectivity index (χ4n) is 1.52. The predicted molar refractivity (Wildman–Crippen MR) is 54.5 cm³/mol. The van der Waals surface area contributed by atoms with Gasteiger partial charge in [-0.3, -0.25) is 0 Å². The van der Waals surface area contributed by atoms with Gasteiger partial charge in [0.15, 0.2) is 0 Å². The highest BCUT2D eigenvalue weighted by Gasteiger charge is 2.40. The summed E-state index contributed by atoms with van der Waals surface area (Å²) in [5, 5.41) is 10.2. The molecule has 1 aromatic heterocycles. The maximum Gasteiger partial charge on any atom is 0.147 e. The lowest BCUT2D eigenvalue weighted by atomic mass is 9.91. The first kappa shape index (κ1) is 9.68. The lowest BCUT2D eigenvalue weighted by Gasteiger charge is -2.46. The Balaban J connectivity index is 2.03. The number of halogens is 1. The van der Waals surface area contributed by atoms with Gasteiger partial charge in [-0.15, -0.1) is 0 Å². The van der Waals surface area contributed by atoms with Gasteiger partial charge in [0.05, 0.1) is 31.1 Å². The van der Waals surface area contributed by atoms with Crippen LogP contribution in [0.4, 0.5) is 5.82 Å². The van der Waals surface area contributed by atoms with Crippen LogP contribution < -0.4 is 4.90 Å². The Morgan fingerprint density at radius 3 is 2.71 bits per heavy atom. The fourth-order valence-corrected chi connectivity index (χ4v) is 1.62. The molecular formula is C9H12ClN3O. The van der Waals surface area contributed by atoms with Crippen LogP contribution >= 0.6 is 11.6 Å². The van der Waals surface area contributed by atoms with Crippen molar-refractivity contribution in [3.63, 3.8) is 0 Å². The van der Waals surface area contributed by atoms with Crippen molar-refractivity contribution in [3.8, 4) is 0 Å². The second kappa shape index (κ2) is 3.37. The van der Waals surface area contributed by atoms with Gasteiger partial charge in [0.1, 0.15) is 11.0 Å². The highest BCUT2D eigenvalue weighted by molar-refractivity contribution is 6.29. The van der Waals surface area contributed by atoms with Gasteiger partial charge < -0.3 is 10.0 Å². The van der Waals surface area contributed by atoms with E-state index in [1.54, 1.807) is 6.20 Å². The maximum absolute atomic E-state index is 9.79. The van der Waals surface area contributed by atoms with Crippen molar-refractivity contribution in [2.75, 3.05) is 18.0 Å². The van der Waals surface area contributed by atoms with Crippen molar-refractivity contribution >= 4 is 17.4 Å². The average molecular weight is 214 g/mol. The van der Waals surface area contributed by atoms with Gasteiger partial charge in [-0.1, -0.05) is 18.5 Å². The molecule has 5 heteroatoms. The molecule has 1 saturated heterocycles. The van der Waals surface area contributed by atoms with E-state index in [0.717, 1.165) is 12.2 Å². The summed E-state index contributed by atoms with van der Waals surface area (Å²) in [6.45, 7) is 3.23. The first-order chi connectivity index (χ1) is 6.63. The standard InChI is InChI=1S/C9H12ClN3O/c1-2-9(14)5-13(6-9)8-4-11-7(10)3-12-8/h3-4,14H,2,5-6H2,1H3. The van der Waals surface area contributed by atoms with Crippen molar-refractivity contribution in [2.45, 2.75) is 18.9 Å². The van der Waals surface area contributed by atoms with E-state index in [2.05, 4.69) is 9.97 Å². The van der Waals surface area contributed by atoms with E-state index in [0.29, 0.717) is 18.2 Å². The number of nitrogens with zero attached hydrogens (tertiary/aromatic N) is 3. The van der Waals surface area contributed by atoms with Gasteiger partial charge >= 0.3 is 0 Å². The molecule has 0 aromatic carbocycles. The molecule has 0 bridgehead atoms. The number of hydrogen-bond acceptors (Lipinski definition) is 4. The number of hydrogen-bond donors (Lipinski definition) is 1. The van der Waals surface area contributed by atoms with Gasteiger partial charge in [-0.05, 0) is 6.42 Å². The summed E-state index contributed by atoms with van der Waals surface area (Å²) in [7, 11) is 0. The van der Waals surface area contributed by atoms with Crippen molar-refractivity contribution in [1.82, 2.24) is 9.97 Å². The molecule has 0 radical (unpaired) electrons. The van der Waals surface area contributed by atoms with Gasteiger partial charge in [0, 0.05) is 0 Å². The molecule has 1 N–H and O–H groups in total. The maximum atomic E-state index is 9.79. The molecule has 1 aliphatic rings. The number of rotatable bonds is 2. The molecule has 0 atom stereocenters. The van der Waals surface area contributed by atoms with E-state index in [4.69, 9.17) is 11.6 Å².